The lowest BCUT2D eigenvalue weighted by Gasteiger charge is -2.03. The minimum Gasteiger partial charge on any atom is -0.441 e. The average molecular weight is 261 g/mol. The predicted molar refractivity (Wildman–Crippen MR) is 73.7 cm³/mol. The maximum atomic E-state index is 11.2. The first kappa shape index (κ1) is 14.9. The Labute approximate surface area is 112 Å². The number of nitrogens with zero attached hydrogens (tertiary/aromatic N) is 2. The smallest absolute Gasteiger partial charge is 0.267 e. The number of carbonyl (C=O) groups is 1. The molecular weight excluding hydrogens is 242 g/mol. The van der Waals surface area contributed by atoms with E-state index in [2.05, 4.69) is 9.97 Å². The number of aromatic nitrogens is 2. The molecule has 0 spiro atoms. The molecule has 5 nitrogen and oxygen atoms in total. The molecule has 1 amide bonds. The summed E-state index contributed by atoms with van der Waals surface area (Å²) in [7, 11) is 0. The van der Waals surface area contributed by atoms with E-state index in [4.69, 9.17) is 10.2 Å². The first-order chi connectivity index (χ1) is 9.10. The van der Waals surface area contributed by atoms with Crippen LogP contribution in [-0.4, -0.2) is 15.9 Å². The fourth-order valence-corrected chi connectivity index (χ4v) is 1.53. The second-order valence-corrected chi connectivity index (χ2v) is 3.69. The first-order valence-corrected chi connectivity index (χ1v) is 6.33. The van der Waals surface area contributed by atoms with Gasteiger partial charge < -0.3 is 10.2 Å². The Morgan fingerprint density at radius 2 is 2.05 bits per heavy atom. The van der Waals surface area contributed by atoms with E-state index in [0.717, 1.165) is 17.7 Å². The Kier molecular flexibility index (Phi) is 5.23. The van der Waals surface area contributed by atoms with Crippen LogP contribution in [0, 0.1) is 6.92 Å². The van der Waals surface area contributed by atoms with Crippen LogP contribution in [0.15, 0.2) is 22.7 Å². The number of primary amides is 1. The molecule has 0 radical (unpaired) electrons. The van der Waals surface area contributed by atoms with E-state index in [0.29, 0.717) is 11.7 Å². The van der Waals surface area contributed by atoms with Crippen LogP contribution in [0.1, 0.15) is 42.8 Å². The molecule has 2 N–H and O–H groups in total. The maximum Gasteiger partial charge on any atom is 0.267 e. The van der Waals surface area contributed by atoms with Gasteiger partial charge in [-0.05, 0) is 18.6 Å². The van der Waals surface area contributed by atoms with Gasteiger partial charge in [0, 0.05) is 18.2 Å². The number of aryl methyl sites for hydroxylation is 2. The second-order valence-electron chi connectivity index (χ2n) is 3.69. The van der Waals surface area contributed by atoms with Gasteiger partial charge in [-0.1, -0.05) is 20.8 Å². The molecule has 0 aliphatic carbocycles. The van der Waals surface area contributed by atoms with Crippen molar-refractivity contribution in [1.82, 2.24) is 9.97 Å². The third kappa shape index (κ3) is 3.64. The highest BCUT2D eigenvalue weighted by molar-refractivity contribution is 5.92. The summed E-state index contributed by atoms with van der Waals surface area (Å²) in [6, 6.07) is 3.48. The van der Waals surface area contributed by atoms with E-state index in [1.54, 1.807) is 19.2 Å². The zero-order chi connectivity index (χ0) is 14.4. The Morgan fingerprint density at radius 3 is 2.53 bits per heavy atom. The molecule has 2 aromatic rings. The lowest BCUT2D eigenvalue weighted by atomic mass is 10.1. The van der Waals surface area contributed by atoms with E-state index >= 15 is 0 Å². The maximum absolute atomic E-state index is 11.2. The van der Waals surface area contributed by atoms with Crippen LogP contribution in [0.4, 0.5) is 0 Å². The summed E-state index contributed by atoms with van der Waals surface area (Å²) < 4.78 is 5.41. The topological polar surface area (TPSA) is 82.0 Å². The van der Waals surface area contributed by atoms with Crippen LogP contribution in [0.5, 0.6) is 0 Å². The number of carbonyl (C=O) groups excluding carboxylic acids is 1. The van der Waals surface area contributed by atoms with Crippen molar-refractivity contribution < 1.29 is 9.21 Å². The number of rotatable bonds is 3. The SMILES string of the molecule is CC.CCc1cc(-c2cnc(C)o2)cc(C(N)=O)n1. The number of hydrogen-bond donors (Lipinski definition) is 1. The summed E-state index contributed by atoms with van der Waals surface area (Å²) in [5.41, 5.74) is 7.05. The van der Waals surface area contributed by atoms with E-state index < -0.39 is 5.91 Å². The lowest BCUT2D eigenvalue weighted by Crippen LogP contribution is -2.14. The first-order valence-electron chi connectivity index (χ1n) is 6.33. The van der Waals surface area contributed by atoms with Crippen molar-refractivity contribution in [3.05, 3.63) is 35.6 Å². The molecule has 0 atom stereocenters. The van der Waals surface area contributed by atoms with Crippen LogP contribution in [0.25, 0.3) is 11.3 Å². The van der Waals surface area contributed by atoms with Crippen molar-refractivity contribution in [1.29, 1.82) is 0 Å². The number of pyridine rings is 1. The van der Waals surface area contributed by atoms with Gasteiger partial charge in [0.2, 0.25) is 0 Å². The van der Waals surface area contributed by atoms with Gasteiger partial charge in [0.15, 0.2) is 11.7 Å². The third-order valence-corrected chi connectivity index (χ3v) is 2.40. The molecule has 0 aliphatic heterocycles. The summed E-state index contributed by atoms with van der Waals surface area (Å²) in [6.07, 6.45) is 2.34. The highest BCUT2D eigenvalue weighted by Gasteiger charge is 2.10. The Hall–Kier alpha value is -2.17. The van der Waals surface area contributed by atoms with Crippen molar-refractivity contribution >= 4 is 5.91 Å². The Morgan fingerprint density at radius 1 is 1.37 bits per heavy atom. The molecule has 5 heteroatoms. The van der Waals surface area contributed by atoms with Gasteiger partial charge in [0.25, 0.3) is 5.91 Å². The van der Waals surface area contributed by atoms with Crippen molar-refractivity contribution in [3.8, 4) is 11.3 Å². The monoisotopic (exact) mass is 261 g/mol. The molecule has 0 fully saturated rings. The fraction of sp³-hybridized carbons (Fsp3) is 0.357. The van der Waals surface area contributed by atoms with Crippen molar-refractivity contribution in [3.63, 3.8) is 0 Å². The molecule has 102 valence electrons. The van der Waals surface area contributed by atoms with E-state index in [1.165, 1.54) is 0 Å². The van der Waals surface area contributed by atoms with Crippen LogP contribution >= 0.6 is 0 Å². The van der Waals surface area contributed by atoms with E-state index in [1.807, 2.05) is 26.8 Å². The minimum atomic E-state index is -0.544. The molecule has 2 rings (SSSR count). The zero-order valence-corrected chi connectivity index (χ0v) is 11.7. The highest BCUT2D eigenvalue weighted by atomic mass is 16.4. The summed E-state index contributed by atoms with van der Waals surface area (Å²) >= 11 is 0. The molecule has 19 heavy (non-hydrogen) atoms. The average Bonchev–Trinajstić information content (AvgIpc) is 2.87. The third-order valence-electron chi connectivity index (χ3n) is 2.40. The summed E-state index contributed by atoms with van der Waals surface area (Å²) in [6.45, 7) is 7.73. The largest absolute Gasteiger partial charge is 0.441 e. The summed E-state index contributed by atoms with van der Waals surface area (Å²) in [4.78, 5) is 19.3. The van der Waals surface area contributed by atoms with Gasteiger partial charge in [0.05, 0.1) is 6.20 Å². The van der Waals surface area contributed by atoms with Crippen molar-refractivity contribution in [2.75, 3.05) is 0 Å². The number of nitrogens with two attached hydrogens (primary N) is 1. The standard InChI is InChI=1S/C12H13N3O2.C2H6/c1-3-9-4-8(5-10(15-9)12(13)16)11-6-14-7(2)17-11;1-2/h4-6H,3H2,1-2H3,(H2,13,16);1-2H3. The van der Waals surface area contributed by atoms with Crippen LogP contribution in [0.3, 0.4) is 0 Å². The number of oxazole rings is 1. The highest BCUT2D eigenvalue weighted by Crippen LogP contribution is 2.21. The van der Waals surface area contributed by atoms with Gasteiger partial charge in [0.1, 0.15) is 5.69 Å². The molecule has 2 aromatic heterocycles. The second kappa shape index (κ2) is 6.68. The summed E-state index contributed by atoms with van der Waals surface area (Å²) in [5, 5.41) is 0. The van der Waals surface area contributed by atoms with Crippen LogP contribution in [0.2, 0.25) is 0 Å². The predicted octanol–water partition coefficient (Wildman–Crippen LogP) is 2.73. The van der Waals surface area contributed by atoms with Crippen molar-refractivity contribution in [2.24, 2.45) is 5.73 Å². The van der Waals surface area contributed by atoms with Gasteiger partial charge in [-0.15, -0.1) is 0 Å². The molecule has 0 unspecified atom stereocenters. The minimum absolute atomic E-state index is 0.244. The molecule has 0 saturated carbocycles. The number of amides is 1. The fourth-order valence-electron chi connectivity index (χ4n) is 1.53. The quantitative estimate of drug-likeness (QED) is 0.920. The normalized spacial score (nSPS) is 9.68. The zero-order valence-electron chi connectivity index (χ0n) is 11.7. The van der Waals surface area contributed by atoms with Gasteiger partial charge in [-0.25, -0.2) is 9.97 Å². The molecule has 0 saturated heterocycles. The summed E-state index contributed by atoms with van der Waals surface area (Å²) in [5.74, 6) is 0.648. The van der Waals surface area contributed by atoms with Gasteiger partial charge >= 0.3 is 0 Å². The van der Waals surface area contributed by atoms with Crippen LogP contribution in [-0.2, 0) is 6.42 Å². The van der Waals surface area contributed by atoms with Gasteiger partial charge in [-0.3, -0.25) is 4.79 Å². The lowest BCUT2D eigenvalue weighted by molar-refractivity contribution is 0.0995. The molecule has 0 aromatic carbocycles. The number of hydrogen-bond acceptors (Lipinski definition) is 4. The Bertz CT molecular complexity index is 562. The van der Waals surface area contributed by atoms with Crippen molar-refractivity contribution in [2.45, 2.75) is 34.1 Å². The van der Waals surface area contributed by atoms with Crippen LogP contribution < -0.4 is 5.73 Å². The van der Waals surface area contributed by atoms with E-state index in [9.17, 15) is 4.79 Å². The molecule has 0 bridgehead atoms. The Balaban J connectivity index is 0.000000861. The molecule has 2 heterocycles. The molecular formula is C14H19N3O2. The van der Waals surface area contributed by atoms with Gasteiger partial charge in [-0.2, -0.15) is 0 Å². The van der Waals surface area contributed by atoms with E-state index in [-0.39, 0.29) is 5.69 Å². The molecule has 0 aliphatic rings.